The monoisotopic (exact) mass is 235 g/mol. The molecule has 2 aromatic heterocycles. The van der Waals surface area contributed by atoms with E-state index < -0.39 is 0 Å². The van der Waals surface area contributed by atoms with Crippen molar-refractivity contribution in [2.45, 2.75) is 20.0 Å². The lowest BCUT2D eigenvalue weighted by Gasteiger charge is -2.05. The number of aromatic hydroxyl groups is 1. The van der Waals surface area contributed by atoms with E-state index in [0.717, 1.165) is 10.7 Å². The number of pyridine rings is 1. The van der Waals surface area contributed by atoms with Gasteiger partial charge in [0, 0.05) is 30.4 Å². The smallest absolute Gasteiger partial charge is 0.138 e. The van der Waals surface area contributed by atoms with Gasteiger partial charge < -0.3 is 10.4 Å². The van der Waals surface area contributed by atoms with Crippen molar-refractivity contribution in [1.82, 2.24) is 15.3 Å². The molecule has 0 spiro atoms. The average molecular weight is 235 g/mol. The SMILES string of the molecule is Cc1ccc(O)c(CNCc2nccs2)n1. The van der Waals surface area contributed by atoms with Crippen LogP contribution in [0.15, 0.2) is 23.7 Å². The number of hydrogen-bond donors (Lipinski definition) is 2. The Bertz CT molecular complexity index is 456. The molecule has 2 aromatic rings. The van der Waals surface area contributed by atoms with Crippen LogP contribution in [-0.2, 0) is 13.1 Å². The van der Waals surface area contributed by atoms with Gasteiger partial charge in [0.1, 0.15) is 10.8 Å². The fourth-order valence-electron chi connectivity index (χ4n) is 1.36. The molecule has 2 heterocycles. The van der Waals surface area contributed by atoms with E-state index in [4.69, 9.17) is 0 Å². The van der Waals surface area contributed by atoms with Crippen LogP contribution in [0, 0.1) is 6.92 Å². The van der Waals surface area contributed by atoms with Crippen molar-refractivity contribution < 1.29 is 5.11 Å². The number of thiazole rings is 1. The van der Waals surface area contributed by atoms with E-state index in [2.05, 4.69) is 15.3 Å². The molecule has 0 atom stereocenters. The molecule has 5 heteroatoms. The molecule has 0 fully saturated rings. The van der Waals surface area contributed by atoms with Crippen molar-refractivity contribution >= 4 is 11.3 Å². The second-order valence-electron chi connectivity index (χ2n) is 3.45. The van der Waals surface area contributed by atoms with E-state index in [1.54, 1.807) is 29.7 Å². The van der Waals surface area contributed by atoms with Crippen LogP contribution in [0.4, 0.5) is 0 Å². The van der Waals surface area contributed by atoms with Crippen LogP contribution in [0.1, 0.15) is 16.4 Å². The summed E-state index contributed by atoms with van der Waals surface area (Å²) in [4.78, 5) is 8.42. The molecule has 0 radical (unpaired) electrons. The first-order chi connectivity index (χ1) is 7.75. The lowest BCUT2D eigenvalue weighted by atomic mass is 10.3. The van der Waals surface area contributed by atoms with Crippen LogP contribution in [0.3, 0.4) is 0 Å². The minimum Gasteiger partial charge on any atom is -0.506 e. The Hall–Kier alpha value is -1.46. The zero-order valence-corrected chi connectivity index (χ0v) is 9.79. The van der Waals surface area contributed by atoms with Gasteiger partial charge in [-0.25, -0.2) is 4.98 Å². The summed E-state index contributed by atoms with van der Waals surface area (Å²) in [6, 6.07) is 3.46. The summed E-state index contributed by atoms with van der Waals surface area (Å²) in [5.74, 6) is 0.234. The normalized spacial score (nSPS) is 10.6. The first-order valence-electron chi connectivity index (χ1n) is 5.00. The van der Waals surface area contributed by atoms with E-state index in [1.165, 1.54) is 0 Å². The predicted octanol–water partition coefficient (Wildman–Crippen LogP) is 1.84. The fourth-order valence-corrected chi connectivity index (χ4v) is 1.95. The minimum absolute atomic E-state index is 0.234. The Morgan fingerprint density at radius 3 is 3.00 bits per heavy atom. The highest BCUT2D eigenvalue weighted by molar-refractivity contribution is 7.09. The molecule has 0 aliphatic carbocycles. The van der Waals surface area contributed by atoms with E-state index in [0.29, 0.717) is 18.8 Å². The Labute approximate surface area is 98.0 Å². The van der Waals surface area contributed by atoms with Crippen molar-refractivity contribution in [3.05, 3.63) is 40.1 Å². The topological polar surface area (TPSA) is 58.0 Å². The largest absolute Gasteiger partial charge is 0.506 e. The number of nitrogens with zero attached hydrogens (tertiary/aromatic N) is 2. The molecule has 84 valence electrons. The second-order valence-corrected chi connectivity index (χ2v) is 4.43. The van der Waals surface area contributed by atoms with E-state index >= 15 is 0 Å². The molecule has 0 aliphatic rings. The Morgan fingerprint density at radius 2 is 2.25 bits per heavy atom. The molecule has 0 aromatic carbocycles. The Balaban J connectivity index is 1.92. The summed E-state index contributed by atoms with van der Waals surface area (Å²) in [6.45, 7) is 3.16. The molecule has 16 heavy (non-hydrogen) atoms. The maximum atomic E-state index is 9.58. The second kappa shape index (κ2) is 5.05. The van der Waals surface area contributed by atoms with Gasteiger partial charge in [-0.15, -0.1) is 11.3 Å². The van der Waals surface area contributed by atoms with Gasteiger partial charge in [-0.3, -0.25) is 4.98 Å². The molecule has 2 N–H and O–H groups in total. The van der Waals surface area contributed by atoms with Crippen molar-refractivity contribution in [2.24, 2.45) is 0 Å². The van der Waals surface area contributed by atoms with Crippen molar-refractivity contribution in [3.8, 4) is 5.75 Å². The standard InChI is InChI=1S/C11H13N3OS/c1-8-2-3-10(15)9(14-8)6-12-7-11-13-4-5-16-11/h2-5,12,15H,6-7H2,1H3. The molecule has 0 amide bonds. The molecule has 4 nitrogen and oxygen atoms in total. The fraction of sp³-hybridized carbons (Fsp3) is 0.273. The first-order valence-corrected chi connectivity index (χ1v) is 5.88. The highest BCUT2D eigenvalue weighted by Gasteiger charge is 2.03. The number of rotatable bonds is 4. The summed E-state index contributed by atoms with van der Waals surface area (Å²) in [5, 5.41) is 15.8. The number of nitrogens with one attached hydrogen (secondary N) is 1. The summed E-state index contributed by atoms with van der Waals surface area (Å²) in [7, 11) is 0. The molecule has 0 unspecified atom stereocenters. The van der Waals surface area contributed by atoms with Crippen molar-refractivity contribution in [1.29, 1.82) is 0 Å². The average Bonchev–Trinajstić information content (AvgIpc) is 2.76. The van der Waals surface area contributed by atoms with Gasteiger partial charge >= 0.3 is 0 Å². The van der Waals surface area contributed by atoms with Gasteiger partial charge in [0.25, 0.3) is 0 Å². The van der Waals surface area contributed by atoms with Gasteiger partial charge in [0.15, 0.2) is 0 Å². The Morgan fingerprint density at radius 1 is 1.38 bits per heavy atom. The van der Waals surface area contributed by atoms with Crippen molar-refractivity contribution in [3.63, 3.8) is 0 Å². The quantitative estimate of drug-likeness (QED) is 0.849. The third kappa shape index (κ3) is 2.77. The summed E-state index contributed by atoms with van der Waals surface area (Å²) >= 11 is 1.61. The number of hydrogen-bond acceptors (Lipinski definition) is 5. The first kappa shape index (κ1) is 11.0. The van der Waals surface area contributed by atoms with Gasteiger partial charge in [-0.2, -0.15) is 0 Å². The predicted molar refractivity (Wildman–Crippen MR) is 63.3 cm³/mol. The zero-order valence-electron chi connectivity index (χ0n) is 8.97. The minimum atomic E-state index is 0.234. The highest BCUT2D eigenvalue weighted by atomic mass is 32.1. The summed E-state index contributed by atoms with van der Waals surface area (Å²) in [5.41, 5.74) is 1.58. The van der Waals surface area contributed by atoms with Crippen LogP contribution >= 0.6 is 11.3 Å². The molecular weight excluding hydrogens is 222 g/mol. The zero-order chi connectivity index (χ0) is 11.4. The van der Waals surface area contributed by atoms with Crippen LogP contribution in [-0.4, -0.2) is 15.1 Å². The van der Waals surface area contributed by atoms with Gasteiger partial charge in [0.05, 0.1) is 5.69 Å². The summed E-state index contributed by atoms with van der Waals surface area (Å²) in [6.07, 6.45) is 1.78. The molecule has 0 saturated carbocycles. The van der Waals surface area contributed by atoms with Crippen LogP contribution < -0.4 is 5.32 Å². The van der Waals surface area contributed by atoms with Crippen LogP contribution in [0.5, 0.6) is 5.75 Å². The van der Waals surface area contributed by atoms with Crippen LogP contribution in [0.25, 0.3) is 0 Å². The van der Waals surface area contributed by atoms with Crippen molar-refractivity contribution in [2.75, 3.05) is 0 Å². The molecule has 0 aliphatic heterocycles. The van der Waals surface area contributed by atoms with E-state index in [1.807, 2.05) is 12.3 Å². The summed E-state index contributed by atoms with van der Waals surface area (Å²) < 4.78 is 0. The molecule has 2 rings (SSSR count). The maximum Gasteiger partial charge on any atom is 0.138 e. The van der Waals surface area contributed by atoms with Crippen LogP contribution in [0.2, 0.25) is 0 Å². The Kier molecular flexibility index (Phi) is 3.48. The molecule has 0 bridgehead atoms. The maximum absolute atomic E-state index is 9.58. The lowest BCUT2D eigenvalue weighted by Crippen LogP contribution is -2.13. The third-order valence-electron chi connectivity index (χ3n) is 2.14. The number of aromatic nitrogens is 2. The van der Waals surface area contributed by atoms with E-state index in [9.17, 15) is 5.11 Å². The van der Waals surface area contributed by atoms with Gasteiger partial charge in [-0.05, 0) is 19.1 Å². The van der Waals surface area contributed by atoms with E-state index in [-0.39, 0.29) is 5.75 Å². The molecular formula is C11H13N3OS. The van der Waals surface area contributed by atoms with Gasteiger partial charge in [-0.1, -0.05) is 0 Å². The third-order valence-corrected chi connectivity index (χ3v) is 2.92. The van der Waals surface area contributed by atoms with Gasteiger partial charge in [0.2, 0.25) is 0 Å². The lowest BCUT2D eigenvalue weighted by molar-refractivity contribution is 0.459. The number of aryl methyl sites for hydroxylation is 1. The highest BCUT2D eigenvalue weighted by Crippen LogP contribution is 2.14. The molecule has 0 saturated heterocycles.